The number of rotatable bonds is 6. The van der Waals surface area contributed by atoms with Crippen molar-refractivity contribution in [3.63, 3.8) is 0 Å². The fourth-order valence-electron chi connectivity index (χ4n) is 1.36. The van der Waals surface area contributed by atoms with E-state index < -0.39 is 5.97 Å². The standard InChI is InChI=1S/C11H21NO2/c1-9(2)8-10(3)12(4)7-5-6-11(13)14/h5-6,9-10H,7-8H2,1-4H3,(H,13,14). The zero-order chi connectivity index (χ0) is 11.1. The van der Waals surface area contributed by atoms with Crippen LogP contribution in [0.5, 0.6) is 0 Å². The van der Waals surface area contributed by atoms with Crippen LogP contribution in [-0.2, 0) is 4.79 Å². The maximum absolute atomic E-state index is 10.2. The number of nitrogens with zero attached hydrogens (tertiary/aromatic N) is 1. The smallest absolute Gasteiger partial charge is 0.328 e. The van der Waals surface area contributed by atoms with Crippen LogP contribution in [0.1, 0.15) is 27.2 Å². The van der Waals surface area contributed by atoms with Crippen molar-refractivity contribution in [1.29, 1.82) is 0 Å². The summed E-state index contributed by atoms with van der Waals surface area (Å²) in [5.41, 5.74) is 0. The minimum atomic E-state index is -0.880. The molecule has 1 atom stereocenters. The largest absolute Gasteiger partial charge is 0.478 e. The maximum atomic E-state index is 10.2. The zero-order valence-corrected chi connectivity index (χ0v) is 9.53. The van der Waals surface area contributed by atoms with E-state index in [9.17, 15) is 4.79 Å². The molecule has 0 saturated heterocycles. The van der Waals surface area contributed by atoms with E-state index in [4.69, 9.17) is 5.11 Å². The van der Waals surface area contributed by atoms with Gasteiger partial charge in [0, 0.05) is 18.7 Å². The van der Waals surface area contributed by atoms with E-state index in [2.05, 4.69) is 25.7 Å². The fraction of sp³-hybridized carbons (Fsp3) is 0.727. The molecular weight excluding hydrogens is 178 g/mol. The number of hydrogen-bond acceptors (Lipinski definition) is 2. The molecule has 0 aromatic carbocycles. The minimum absolute atomic E-state index is 0.494. The first-order valence-corrected chi connectivity index (χ1v) is 5.03. The average molecular weight is 199 g/mol. The Kier molecular flexibility index (Phi) is 6.21. The number of carboxylic acids is 1. The number of hydrogen-bond donors (Lipinski definition) is 1. The number of likely N-dealkylation sites (N-methyl/N-ethyl adjacent to an activating group) is 1. The van der Waals surface area contributed by atoms with Crippen LogP contribution >= 0.6 is 0 Å². The third kappa shape index (κ3) is 6.66. The summed E-state index contributed by atoms with van der Waals surface area (Å²) in [6.45, 7) is 7.24. The van der Waals surface area contributed by atoms with Gasteiger partial charge in [0.1, 0.15) is 0 Å². The molecular formula is C11H21NO2. The molecule has 0 radical (unpaired) electrons. The monoisotopic (exact) mass is 199 g/mol. The molecule has 82 valence electrons. The Morgan fingerprint density at radius 3 is 2.43 bits per heavy atom. The SMILES string of the molecule is CC(C)CC(C)N(C)CC=CC(=O)O. The lowest BCUT2D eigenvalue weighted by atomic mass is 10.0. The molecule has 0 heterocycles. The topological polar surface area (TPSA) is 40.5 Å². The molecule has 0 aromatic rings. The molecule has 0 aliphatic heterocycles. The number of carboxylic acid groups (broad SMARTS) is 1. The predicted molar refractivity (Wildman–Crippen MR) is 58.3 cm³/mol. The summed E-state index contributed by atoms with van der Waals surface area (Å²) in [7, 11) is 2.01. The van der Waals surface area contributed by atoms with E-state index in [1.807, 2.05) is 7.05 Å². The van der Waals surface area contributed by atoms with Crippen LogP contribution in [-0.4, -0.2) is 35.6 Å². The van der Waals surface area contributed by atoms with Crippen molar-refractivity contribution in [3.05, 3.63) is 12.2 Å². The third-order valence-corrected chi connectivity index (χ3v) is 2.22. The molecule has 0 aliphatic rings. The van der Waals surface area contributed by atoms with Crippen LogP contribution in [0, 0.1) is 5.92 Å². The van der Waals surface area contributed by atoms with Crippen molar-refractivity contribution in [1.82, 2.24) is 4.90 Å². The highest BCUT2D eigenvalue weighted by Gasteiger charge is 2.09. The Hall–Kier alpha value is -0.830. The normalized spacial score (nSPS) is 14.1. The Balaban J connectivity index is 3.83. The molecule has 0 bridgehead atoms. The van der Waals surface area contributed by atoms with Crippen LogP contribution in [0.2, 0.25) is 0 Å². The van der Waals surface area contributed by atoms with E-state index >= 15 is 0 Å². The first kappa shape index (κ1) is 13.2. The molecule has 0 spiro atoms. The Bertz CT molecular complexity index is 199. The van der Waals surface area contributed by atoms with Gasteiger partial charge in [-0.1, -0.05) is 19.9 Å². The van der Waals surface area contributed by atoms with Crippen LogP contribution in [0.15, 0.2) is 12.2 Å². The van der Waals surface area contributed by atoms with Gasteiger partial charge < -0.3 is 10.0 Å². The minimum Gasteiger partial charge on any atom is -0.478 e. The molecule has 0 rings (SSSR count). The molecule has 14 heavy (non-hydrogen) atoms. The van der Waals surface area contributed by atoms with Crippen molar-refractivity contribution in [2.24, 2.45) is 5.92 Å². The molecule has 1 N–H and O–H groups in total. The summed E-state index contributed by atoms with van der Waals surface area (Å²) in [6.07, 6.45) is 4.01. The van der Waals surface area contributed by atoms with Crippen molar-refractivity contribution in [3.8, 4) is 0 Å². The van der Waals surface area contributed by atoms with E-state index in [1.165, 1.54) is 6.08 Å². The number of aliphatic carboxylic acids is 1. The van der Waals surface area contributed by atoms with Gasteiger partial charge in [-0.2, -0.15) is 0 Å². The highest BCUT2D eigenvalue weighted by atomic mass is 16.4. The highest BCUT2D eigenvalue weighted by Crippen LogP contribution is 2.08. The summed E-state index contributed by atoms with van der Waals surface area (Å²) in [5, 5.41) is 8.41. The lowest BCUT2D eigenvalue weighted by Gasteiger charge is -2.24. The van der Waals surface area contributed by atoms with Crippen LogP contribution in [0.25, 0.3) is 0 Å². The van der Waals surface area contributed by atoms with Gasteiger partial charge in [-0.05, 0) is 26.3 Å². The van der Waals surface area contributed by atoms with Gasteiger partial charge in [0.2, 0.25) is 0 Å². The van der Waals surface area contributed by atoms with Crippen LogP contribution in [0.3, 0.4) is 0 Å². The molecule has 0 aliphatic carbocycles. The Morgan fingerprint density at radius 1 is 1.43 bits per heavy atom. The van der Waals surface area contributed by atoms with Gasteiger partial charge in [-0.3, -0.25) is 0 Å². The van der Waals surface area contributed by atoms with Gasteiger partial charge in [-0.25, -0.2) is 4.79 Å². The predicted octanol–water partition coefficient (Wildman–Crippen LogP) is 1.99. The lowest BCUT2D eigenvalue weighted by molar-refractivity contribution is -0.131. The summed E-state index contributed by atoms with van der Waals surface area (Å²) < 4.78 is 0. The third-order valence-electron chi connectivity index (χ3n) is 2.22. The van der Waals surface area contributed by atoms with Crippen LogP contribution in [0.4, 0.5) is 0 Å². The van der Waals surface area contributed by atoms with E-state index in [-0.39, 0.29) is 0 Å². The molecule has 0 saturated carbocycles. The molecule has 3 heteroatoms. The second-order valence-corrected chi connectivity index (χ2v) is 4.16. The number of carbonyl (C=O) groups is 1. The van der Waals surface area contributed by atoms with Crippen LogP contribution < -0.4 is 0 Å². The molecule has 3 nitrogen and oxygen atoms in total. The zero-order valence-electron chi connectivity index (χ0n) is 9.53. The summed E-state index contributed by atoms with van der Waals surface area (Å²) in [5.74, 6) is -0.203. The molecule has 0 fully saturated rings. The molecule has 0 aromatic heterocycles. The first-order chi connectivity index (χ1) is 6.43. The Labute approximate surface area is 86.4 Å². The van der Waals surface area contributed by atoms with Crippen molar-refractivity contribution < 1.29 is 9.90 Å². The summed E-state index contributed by atoms with van der Waals surface area (Å²) >= 11 is 0. The van der Waals surface area contributed by atoms with Gasteiger partial charge in [0.05, 0.1) is 0 Å². The Morgan fingerprint density at radius 2 is 2.00 bits per heavy atom. The average Bonchev–Trinajstić information content (AvgIpc) is 2.01. The van der Waals surface area contributed by atoms with E-state index in [0.717, 1.165) is 6.42 Å². The molecule has 1 unspecified atom stereocenters. The second-order valence-electron chi connectivity index (χ2n) is 4.16. The van der Waals surface area contributed by atoms with Crippen molar-refractivity contribution in [2.75, 3.05) is 13.6 Å². The van der Waals surface area contributed by atoms with Gasteiger partial charge in [0.25, 0.3) is 0 Å². The maximum Gasteiger partial charge on any atom is 0.328 e. The quantitative estimate of drug-likeness (QED) is 0.665. The fourth-order valence-corrected chi connectivity index (χ4v) is 1.36. The highest BCUT2D eigenvalue weighted by molar-refractivity contribution is 5.79. The summed E-state index contributed by atoms with van der Waals surface area (Å²) in [4.78, 5) is 12.4. The second kappa shape index (κ2) is 6.60. The summed E-state index contributed by atoms with van der Waals surface area (Å²) in [6, 6.07) is 0.494. The van der Waals surface area contributed by atoms with Gasteiger partial charge in [0.15, 0.2) is 0 Å². The van der Waals surface area contributed by atoms with Gasteiger partial charge >= 0.3 is 5.97 Å². The lowest BCUT2D eigenvalue weighted by Crippen LogP contribution is -2.30. The van der Waals surface area contributed by atoms with Gasteiger partial charge in [-0.15, -0.1) is 0 Å². The first-order valence-electron chi connectivity index (χ1n) is 5.03. The van der Waals surface area contributed by atoms with Crippen molar-refractivity contribution in [2.45, 2.75) is 33.2 Å². The van der Waals surface area contributed by atoms with Crippen molar-refractivity contribution >= 4 is 5.97 Å². The van der Waals surface area contributed by atoms with E-state index in [0.29, 0.717) is 18.5 Å². The molecule has 0 amide bonds. The van der Waals surface area contributed by atoms with E-state index in [1.54, 1.807) is 6.08 Å².